The van der Waals surface area contributed by atoms with Gasteiger partial charge in [-0.15, -0.1) is 11.8 Å². The largest absolute Gasteiger partial charge is 0.497 e. The molecule has 0 heterocycles. The van der Waals surface area contributed by atoms with E-state index >= 15 is 0 Å². The van der Waals surface area contributed by atoms with Gasteiger partial charge in [0.1, 0.15) is 11.8 Å². The molecule has 1 atom stereocenters. The van der Waals surface area contributed by atoms with Crippen LogP contribution in [-0.4, -0.2) is 42.2 Å². The molecule has 1 N–H and O–H groups in total. The molecule has 0 radical (unpaired) electrons. The zero-order chi connectivity index (χ0) is 22.8. The van der Waals surface area contributed by atoms with Gasteiger partial charge in [-0.25, -0.2) is 0 Å². The monoisotopic (exact) mass is 442 g/mol. The van der Waals surface area contributed by atoms with Gasteiger partial charge in [-0.05, 0) is 43.0 Å². The van der Waals surface area contributed by atoms with E-state index in [0.29, 0.717) is 24.8 Å². The van der Waals surface area contributed by atoms with Crippen molar-refractivity contribution >= 4 is 23.6 Å². The molecule has 6 heteroatoms. The summed E-state index contributed by atoms with van der Waals surface area (Å²) in [6.07, 6.45) is 0. The maximum Gasteiger partial charge on any atom is 0.242 e. The lowest BCUT2D eigenvalue weighted by molar-refractivity contribution is -0.138. The van der Waals surface area contributed by atoms with E-state index in [4.69, 9.17) is 4.74 Å². The average molecular weight is 443 g/mol. The number of carbonyl (C=O) groups is 2. The maximum atomic E-state index is 13.1. The van der Waals surface area contributed by atoms with Gasteiger partial charge in [-0.1, -0.05) is 55.8 Å². The summed E-state index contributed by atoms with van der Waals surface area (Å²) in [5.74, 6) is 2.07. The first kappa shape index (κ1) is 24.8. The fraction of sp³-hybridized carbons (Fsp3) is 0.440. The van der Waals surface area contributed by atoms with Crippen LogP contribution in [0.5, 0.6) is 5.75 Å². The molecule has 2 aromatic rings. The summed E-state index contributed by atoms with van der Waals surface area (Å²) in [4.78, 5) is 27.4. The Morgan fingerprint density at radius 1 is 1.00 bits per heavy atom. The number of aryl methyl sites for hydroxylation is 1. The number of rotatable bonds is 11. The molecule has 0 aliphatic heterocycles. The number of hydrogen-bond donors (Lipinski definition) is 1. The van der Waals surface area contributed by atoms with E-state index in [1.165, 1.54) is 5.56 Å². The van der Waals surface area contributed by atoms with Crippen LogP contribution in [0.2, 0.25) is 0 Å². The molecule has 0 aliphatic carbocycles. The maximum absolute atomic E-state index is 13.1. The first-order chi connectivity index (χ1) is 14.8. The minimum Gasteiger partial charge on any atom is -0.497 e. The predicted octanol–water partition coefficient (Wildman–Crippen LogP) is 4.43. The first-order valence-electron chi connectivity index (χ1n) is 10.6. The first-order valence-corrected chi connectivity index (χ1v) is 11.8. The number of nitrogens with zero attached hydrogens (tertiary/aromatic N) is 1. The van der Waals surface area contributed by atoms with Gasteiger partial charge in [0.2, 0.25) is 11.8 Å². The molecule has 0 fully saturated rings. The molecule has 1 unspecified atom stereocenters. The number of methoxy groups -OCH3 is 1. The molecule has 0 spiro atoms. The summed E-state index contributed by atoms with van der Waals surface area (Å²) in [6, 6.07) is 15.4. The summed E-state index contributed by atoms with van der Waals surface area (Å²) in [6.45, 7) is 8.95. The summed E-state index contributed by atoms with van der Waals surface area (Å²) < 4.78 is 5.19. The molecule has 0 saturated heterocycles. The smallest absolute Gasteiger partial charge is 0.242 e. The Morgan fingerprint density at radius 3 is 2.19 bits per heavy atom. The number of nitrogens with one attached hydrogen (secondary N) is 1. The number of thioether (sulfide) groups is 1. The summed E-state index contributed by atoms with van der Waals surface area (Å²) in [7, 11) is 1.64. The van der Waals surface area contributed by atoms with Gasteiger partial charge in [-0.2, -0.15) is 0 Å². The highest BCUT2D eigenvalue weighted by Gasteiger charge is 2.26. The van der Waals surface area contributed by atoms with Crippen molar-refractivity contribution in [1.29, 1.82) is 0 Å². The molecule has 168 valence electrons. The van der Waals surface area contributed by atoms with E-state index < -0.39 is 6.04 Å². The molecule has 5 nitrogen and oxygen atoms in total. The van der Waals surface area contributed by atoms with E-state index in [1.807, 2.05) is 55.5 Å². The Morgan fingerprint density at radius 2 is 1.61 bits per heavy atom. The van der Waals surface area contributed by atoms with Crippen LogP contribution in [0.3, 0.4) is 0 Å². The third-order valence-electron chi connectivity index (χ3n) is 4.98. The second-order valence-electron chi connectivity index (χ2n) is 8.16. The summed E-state index contributed by atoms with van der Waals surface area (Å²) in [5.41, 5.74) is 3.31. The highest BCUT2D eigenvalue weighted by atomic mass is 32.2. The summed E-state index contributed by atoms with van der Waals surface area (Å²) >= 11 is 1.55. The molecular formula is C25H34N2O3S. The van der Waals surface area contributed by atoms with E-state index in [0.717, 1.165) is 22.6 Å². The molecule has 0 saturated carbocycles. The molecule has 0 bridgehead atoms. The van der Waals surface area contributed by atoms with Crippen LogP contribution in [-0.2, 0) is 21.9 Å². The van der Waals surface area contributed by atoms with E-state index in [2.05, 4.69) is 19.2 Å². The van der Waals surface area contributed by atoms with Crippen LogP contribution in [0.25, 0.3) is 0 Å². The van der Waals surface area contributed by atoms with Crippen molar-refractivity contribution in [1.82, 2.24) is 10.2 Å². The fourth-order valence-electron chi connectivity index (χ4n) is 2.99. The minimum atomic E-state index is -0.533. The van der Waals surface area contributed by atoms with Gasteiger partial charge in [0, 0.05) is 18.8 Å². The second-order valence-corrected chi connectivity index (χ2v) is 9.15. The van der Waals surface area contributed by atoms with Crippen molar-refractivity contribution in [3.63, 3.8) is 0 Å². The fourth-order valence-corrected chi connectivity index (χ4v) is 3.86. The normalized spacial score (nSPS) is 11.8. The lowest BCUT2D eigenvalue weighted by Gasteiger charge is -2.29. The van der Waals surface area contributed by atoms with Gasteiger partial charge >= 0.3 is 0 Å². The Kier molecular flexibility index (Phi) is 9.92. The summed E-state index contributed by atoms with van der Waals surface area (Å²) in [5, 5.41) is 2.95. The predicted molar refractivity (Wildman–Crippen MR) is 128 cm³/mol. The van der Waals surface area contributed by atoms with Crippen LogP contribution >= 0.6 is 11.8 Å². The van der Waals surface area contributed by atoms with E-state index in [9.17, 15) is 9.59 Å². The van der Waals surface area contributed by atoms with Crippen LogP contribution < -0.4 is 10.1 Å². The van der Waals surface area contributed by atoms with Gasteiger partial charge in [0.05, 0.1) is 12.9 Å². The van der Waals surface area contributed by atoms with Gasteiger partial charge in [-0.3, -0.25) is 9.59 Å². The Balaban J connectivity index is 2.03. The highest BCUT2D eigenvalue weighted by Crippen LogP contribution is 2.18. The zero-order valence-corrected chi connectivity index (χ0v) is 20.0. The molecular weight excluding hydrogens is 408 g/mol. The molecule has 2 amide bonds. The quantitative estimate of drug-likeness (QED) is 0.559. The Bertz CT molecular complexity index is 835. The SMILES string of the molecule is COc1ccc(CSCC(=O)N(Cc2ccc(C)cc2)C(C)C(=O)NCC(C)C)cc1. The Labute approximate surface area is 190 Å². The highest BCUT2D eigenvalue weighted by molar-refractivity contribution is 7.99. The molecule has 31 heavy (non-hydrogen) atoms. The van der Waals surface area contributed by atoms with Crippen molar-refractivity contribution in [2.45, 2.75) is 46.0 Å². The van der Waals surface area contributed by atoms with Crippen LogP contribution in [0, 0.1) is 12.8 Å². The van der Waals surface area contributed by atoms with Crippen molar-refractivity contribution in [2.24, 2.45) is 5.92 Å². The van der Waals surface area contributed by atoms with Gasteiger partial charge in [0.15, 0.2) is 0 Å². The zero-order valence-electron chi connectivity index (χ0n) is 19.2. The standard InChI is InChI=1S/C25H34N2O3S/c1-18(2)14-26-25(29)20(4)27(15-21-8-6-19(3)7-9-21)24(28)17-31-16-22-10-12-23(30-5)13-11-22/h6-13,18,20H,14-17H2,1-5H3,(H,26,29). The van der Waals surface area contributed by atoms with Crippen LogP contribution in [0.4, 0.5) is 0 Å². The second kappa shape index (κ2) is 12.4. The molecule has 2 aromatic carbocycles. The topological polar surface area (TPSA) is 58.6 Å². The molecule has 0 aliphatic rings. The molecule has 2 rings (SSSR count). The number of ether oxygens (including phenoxy) is 1. The van der Waals surface area contributed by atoms with Gasteiger partial charge in [0.25, 0.3) is 0 Å². The van der Waals surface area contributed by atoms with Crippen molar-refractivity contribution in [3.8, 4) is 5.75 Å². The van der Waals surface area contributed by atoms with Crippen LogP contribution in [0.15, 0.2) is 48.5 Å². The van der Waals surface area contributed by atoms with Crippen molar-refractivity contribution in [2.75, 3.05) is 19.4 Å². The average Bonchev–Trinajstić information content (AvgIpc) is 2.76. The van der Waals surface area contributed by atoms with Crippen LogP contribution in [0.1, 0.15) is 37.5 Å². The van der Waals surface area contributed by atoms with Gasteiger partial charge < -0.3 is 15.0 Å². The van der Waals surface area contributed by atoms with E-state index in [-0.39, 0.29) is 11.8 Å². The van der Waals surface area contributed by atoms with E-state index in [1.54, 1.807) is 30.7 Å². The number of amides is 2. The van der Waals surface area contributed by atoms with Crippen molar-refractivity contribution < 1.29 is 14.3 Å². The third kappa shape index (κ3) is 8.29. The van der Waals surface area contributed by atoms with Crippen molar-refractivity contribution in [3.05, 3.63) is 65.2 Å². The third-order valence-corrected chi connectivity index (χ3v) is 5.97. The lowest BCUT2D eigenvalue weighted by atomic mass is 10.1. The molecule has 0 aromatic heterocycles. The number of benzene rings is 2. The number of carbonyl (C=O) groups excluding carboxylic acids is 2. The lowest BCUT2D eigenvalue weighted by Crippen LogP contribution is -2.48. The number of hydrogen-bond acceptors (Lipinski definition) is 4. The minimum absolute atomic E-state index is 0.0358. The Hall–Kier alpha value is -2.47.